The molecular formula is C63H46N4O11. The minimum atomic E-state index is -0.537. The van der Waals surface area contributed by atoms with Crippen molar-refractivity contribution in [3.63, 3.8) is 0 Å². The number of hydrogen-bond donors (Lipinski definition) is 0. The summed E-state index contributed by atoms with van der Waals surface area (Å²) in [6.07, 6.45) is 0. The first-order valence-electron chi connectivity index (χ1n) is 24.7. The van der Waals surface area contributed by atoms with Crippen LogP contribution in [-0.4, -0.2) is 44.7 Å². The third-order valence-corrected chi connectivity index (χ3v) is 14.2. The lowest BCUT2D eigenvalue weighted by Crippen LogP contribution is -2.29. The average molecular weight is 1040 g/mol. The van der Waals surface area contributed by atoms with Gasteiger partial charge in [0, 0.05) is 19.5 Å². The van der Waals surface area contributed by atoms with Crippen LogP contribution in [0.4, 0.5) is 5.69 Å². The number of anilines is 1. The van der Waals surface area contributed by atoms with Crippen molar-refractivity contribution in [2.45, 2.75) is 33.1 Å². The molecule has 0 radical (unpaired) electrons. The standard InChI is InChI=1S/C39H30N2O6.C24H16N2O5/c1-23-6-5-7-26(20-23)41-37(44)32-19-17-30(22-34(32)38(41)45)47-28-14-10-25(11-15-28)39(2,3)24-8-12-27(13-9-24)46-29-16-18-31-33(21-29)36(43)40(4)35(31)42;1-13-3-7-15(8-4-13)31-16-9-5-14(6-10-16)26-23(29)19-11-17-18(12-20(19)24(26)30)22(28)25(2)21(17)27/h5-22H,1-4H3;3-12H,1-2H3. The Bertz CT molecular complexity index is 4280. The predicted octanol–water partition coefficient (Wildman–Crippen LogP) is 10.5. The maximum Gasteiger partial charge on any atom is 0.266 e. The number of amides is 4. The molecule has 12 rings (SSSR count). The van der Waals surface area contributed by atoms with E-state index in [9.17, 15) is 38.4 Å². The molecule has 4 heterocycles. The molecule has 0 saturated heterocycles. The van der Waals surface area contributed by atoms with Crippen molar-refractivity contribution in [1.29, 1.82) is 0 Å². The molecule has 0 saturated carbocycles. The third-order valence-electron chi connectivity index (χ3n) is 14.2. The molecule has 0 spiro atoms. The largest absolute Gasteiger partial charge is 0.457 e. The van der Waals surface area contributed by atoms with E-state index in [-0.39, 0.29) is 50.6 Å². The molecule has 10 aromatic rings. The van der Waals surface area contributed by atoms with Gasteiger partial charge in [0.15, 0.2) is 0 Å². The zero-order chi connectivity index (χ0) is 54.9. The summed E-state index contributed by atoms with van der Waals surface area (Å²) >= 11 is 0. The first-order valence-corrected chi connectivity index (χ1v) is 24.7. The molecule has 0 N–H and O–H groups in total. The van der Waals surface area contributed by atoms with Crippen LogP contribution in [0, 0.1) is 13.8 Å². The quantitative estimate of drug-likeness (QED) is 0.119. The molecule has 15 nitrogen and oxygen atoms in total. The second-order valence-corrected chi connectivity index (χ2v) is 19.7. The molecule has 0 aliphatic carbocycles. The number of benzene rings is 8. The van der Waals surface area contributed by atoms with Gasteiger partial charge in [0.25, 0.3) is 45.9 Å². The molecule has 4 amide bonds. The molecule has 8 aromatic carbocycles. The monoisotopic (exact) mass is 1030 g/mol. The smallest absolute Gasteiger partial charge is 0.266 e. The maximum atomic E-state index is 13.2. The SMILES string of the molecule is Cc1ccc(Oc2ccc(-n3c(=O)c4cc5c(=O)n(C)c(=O)c5cc4c3=O)cc2)cc1.Cc1cccc(N2C(=O)c3ccc(Oc4ccc(C(C)(C)c5ccc(Oc6ccc7c(c6)C(=O)N(C)C7=O)cc5)cc4)cc3C2=O)c1. The average Bonchev–Trinajstić information content (AvgIpc) is 4.24. The van der Waals surface area contributed by atoms with Crippen molar-refractivity contribution in [2.24, 2.45) is 7.05 Å². The normalized spacial score (nSPS) is 13.0. The zero-order valence-corrected chi connectivity index (χ0v) is 42.9. The Hall–Kier alpha value is -10.3. The fourth-order valence-electron chi connectivity index (χ4n) is 9.74. The highest BCUT2D eigenvalue weighted by atomic mass is 16.5. The highest BCUT2D eigenvalue weighted by Gasteiger charge is 2.37. The fourth-order valence-corrected chi connectivity index (χ4v) is 9.74. The number of hydrogen-bond acceptors (Lipinski definition) is 11. The van der Waals surface area contributed by atoms with Gasteiger partial charge in [0.2, 0.25) is 0 Å². The van der Waals surface area contributed by atoms with Crippen LogP contribution in [0.5, 0.6) is 34.5 Å². The number of aromatic nitrogens is 2. The van der Waals surface area contributed by atoms with E-state index in [2.05, 4.69) is 13.8 Å². The summed E-state index contributed by atoms with van der Waals surface area (Å²) in [4.78, 5) is 103. The number of aryl methyl sites for hydroxylation is 2. The van der Waals surface area contributed by atoms with Crippen molar-refractivity contribution in [3.8, 4) is 40.2 Å². The predicted molar refractivity (Wildman–Crippen MR) is 295 cm³/mol. The van der Waals surface area contributed by atoms with E-state index in [1.54, 1.807) is 66.7 Å². The Morgan fingerprint density at radius 2 is 0.756 bits per heavy atom. The number of imide groups is 2. The molecule has 384 valence electrons. The summed E-state index contributed by atoms with van der Waals surface area (Å²) in [5, 5.41) is 0.493. The van der Waals surface area contributed by atoms with Crippen molar-refractivity contribution >= 4 is 50.9 Å². The second kappa shape index (κ2) is 19.1. The van der Waals surface area contributed by atoms with E-state index in [1.165, 1.54) is 31.1 Å². The van der Waals surface area contributed by atoms with Gasteiger partial charge in [-0.1, -0.05) is 67.9 Å². The van der Waals surface area contributed by atoms with E-state index in [4.69, 9.17) is 14.2 Å². The molecule has 2 aliphatic rings. The van der Waals surface area contributed by atoms with E-state index in [0.717, 1.165) is 36.3 Å². The van der Waals surface area contributed by atoms with Crippen LogP contribution < -0.4 is 41.3 Å². The van der Waals surface area contributed by atoms with Crippen LogP contribution in [0.2, 0.25) is 0 Å². The fraction of sp³-hybridized carbons (Fsp3) is 0.111. The number of carbonyl (C=O) groups is 4. The number of rotatable bonds is 10. The first kappa shape index (κ1) is 49.9. The first-order chi connectivity index (χ1) is 37.4. The van der Waals surface area contributed by atoms with Gasteiger partial charge in [-0.05, 0) is 152 Å². The van der Waals surface area contributed by atoms with Crippen LogP contribution in [0.25, 0.3) is 27.2 Å². The van der Waals surface area contributed by atoms with Crippen LogP contribution in [-0.2, 0) is 12.5 Å². The summed E-state index contributed by atoms with van der Waals surface area (Å²) < 4.78 is 19.9. The minimum Gasteiger partial charge on any atom is -0.457 e. The number of ether oxygens (including phenoxy) is 3. The van der Waals surface area contributed by atoms with Crippen molar-refractivity contribution in [1.82, 2.24) is 14.0 Å². The van der Waals surface area contributed by atoms with E-state index in [0.29, 0.717) is 68.1 Å². The lowest BCUT2D eigenvalue weighted by Gasteiger charge is -2.26. The molecule has 0 fully saturated rings. The van der Waals surface area contributed by atoms with E-state index < -0.39 is 22.2 Å². The number of nitrogens with zero attached hydrogens (tertiary/aromatic N) is 4. The van der Waals surface area contributed by atoms with Crippen LogP contribution in [0.1, 0.15) is 77.5 Å². The Morgan fingerprint density at radius 1 is 0.359 bits per heavy atom. The topological polar surface area (TPSA) is 181 Å². The molecule has 2 aromatic heterocycles. The number of carbonyl (C=O) groups excluding carboxylic acids is 4. The van der Waals surface area contributed by atoms with Crippen molar-refractivity contribution in [2.75, 3.05) is 11.9 Å². The van der Waals surface area contributed by atoms with Crippen LogP contribution >= 0.6 is 0 Å². The van der Waals surface area contributed by atoms with Crippen molar-refractivity contribution in [3.05, 3.63) is 256 Å². The van der Waals surface area contributed by atoms with Gasteiger partial charge in [0.1, 0.15) is 34.5 Å². The summed E-state index contributed by atoms with van der Waals surface area (Å²) in [6.45, 7) is 8.15. The maximum absolute atomic E-state index is 13.2. The van der Waals surface area contributed by atoms with Gasteiger partial charge in [-0.15, -0.1) is 0 Å². The van der Waals surface area contributed by atoms with Crippen molar-refractivity contribution < 1.29 is 33.4 Å². The Labute approximate surface area is 444 Å². The van der Waals surface area contributed by atoms with E-state index >= 15 is 0 Å². The second-order valence-electron chi connectivity index (χ2n) is 19.7. The Kier molecular flexibility index (Phi) is 12.2. The molecule has 0 unspecified atom stereocenters. The third kappa shape index (κ3) is 8.72. The summed E-state index contributed by atoms with van der Waals surface area (Å²) in [7, 11) is 2.83. The van der Waals surface area contributed by atoms with E-state index in [1.807, 2.05) is 105 Å². The minimum absolute atomic E-state index is 0.111. The van der Waals surface area contributed by atoms with Crippen LogP contribution in [0.15, 0.2) is 189 Å². The van der Waals surface area contributed by atoms with Gasteiger partial charge in [0.05, 0.1) is 55.2 Å². The Morgan fingerprint density at radius 3 is 1.26 bits per heavy atom. The summed E-state index contributed by atoms with van der Waals surface area (Å²) in [5.74, 6) is 2.00. The van der Waals surface area contributed by atoms with Gasteiger partial charge < -0.3 is 14.2 Å². The highest BCUT2D eigenvalue weighted by Crippen LogP contribution is 2.37. The molecule has 0 atom stereocenters. The summed E-state index contributed by atoms with van der Waals surface area (Å²) in [6, 6.07) is 49.5. The molecule has 78 heavy (non-hydrogen) atoms. The number of fused-ring (bicyclic) bond motifs is 4. The molecular weight excluding hydrogens is 989 g/mol. The van der Waals surface area contributed by atoms with Gasteiger partial charge >= 0.3 is 0 Å². The van der Waals surface area contributed by atoms with Crippen LogP contribution in [0.3, 0.4) is 0 Å². The Balaban J connectivity index is 0.000000180. The summed E-state index contributed by atoms with van der Waals surface area (Å²) in [5.41, 5.74) is 4.11. The molecule has 2 aliphatic heterocycles. The molecule has 15 heteroatoms. The van der Waals surface area contributed by atoms with Gasteiger partial charge in [-0.25, -0.2) is 9.47 Å². The zero-order valence-electron chi connectivity index (χ0n) is 42.9. The molecule has 0 bridgehead atoms. The lowest BCUT2D eigenvalue weighted by atomic mass is 9.78. The van der Waals surface area contributed by atoms with Gasteiger partial charge in [-0.2, -0.15) is 0 Å². The highest BCUT2D eigenvalue weighted by molar-refractivity contribution is 6.34. The van der Waals surface area contributed by atoms with Gasteiger partial charge in [-0.3, -0.25) is 47.8 Å². The lowest BCUT2D eigenvalue weighted by molar-refractivity contribution is 0.0692.